The van der Waals surface area contributed by atoms with Crippen molar-refractivity contribution in [1.29, 1.82) is 0 Å². The van der Waals surface area contributed by atoms with Gasteiger partial charge in [-0.3, -0.25) is 19.0 Å². The van der Waals surface area contributed by atoms with Crippen molar-refractivity contribution in [2.75, 3.05) is 6.54 Å². The molecular formula is C16H21N5O2S. The van der Waals surface area contributed by atoms with Gasteiger partial charge in [0.15, 0.2) is 0 Å². The van der Waals surface area contributed by atoms with Crippen LogP contribution >= 0.6 is 11.9 Å². The van der Waals surface area contributed by atoms with Gasteiger partial charge in [0.25, 0.3) is 5.56 Å². The molecule has 8 heteroatoms. The van der Waals surface area contributed by atoms with Crippen LogP contribution in [0.2, 0.25) is 0 Å². The molecule has 2 aromatic rings. The Morgan fingerprint density at radius 2 is 1.96 bits per heavy atom. The monoisotopic (exact) mass is 347 g/mol. The Hall–Kier alpha value is -2.32. The highest BCUT2D eigenvalue weighted by Gasteiger charge is 2.18. The molecule has 0 saturated heterocycles. The molecular weight excluding hydrogens is 326 g/mol. The first-order valence-electron chi connectivity index (χ1n) is 7.55. The molecule has 0 aliphatic heterocycles. The highest BCUT2D eigenvalue weighted by molar-refractivity contribution is 8.11. The molecule has 0 unspecified atom stereocenters. The van der Waals surface area contributed by atoms with Crippen molar-refractivity contribution in [2.24, 2.45) is 12.1 Å². The maximum Gasteiger partial charge on any atom is 0.314 e. The largest absolute Gasteiger partial charge is 0.314 e. The minimum absolute atomic E-state index is 0.170. The Bertz CT molecular complexity index is 808. The molecule has 0 aliphatic rings. The van der Waals surface area contributed by atoms with Crippen LogP contribution in [0.1, 0.15) is 25.1 Å². The van der Waals surface area contributed by atoms with E-state index in [1.54, 1.807) is 16.3 Å². The van der Waals surface area contributed by atoms with E-state index >= 15 is 0 Å². The third-order valence-corrected chi connectivity index (χ3v) is 4.25. The van der Waals surface area contributed by atoms with Crippen molar-refractivity contribution >= 4 is 22.9 Å². The van der Waals surface area contributed by atoms with E-state index in [0.717, 1.165) is 23.3 Å². The number of nitrogens with one attached hydrogen (secondary N) is 2. The van der Waals surface area contributed by atoms with Crippen LogP contribution in [0.25, 0.3) is 5.69 Å². The Kier molecular flexibility index (Phi) is 5.99. The molecule has 24 heavy (non-hydrogen) atoms. The van der Waals surface area contributed by atoms with E-state index in [0.29, 0.717) is 17.8 Å². The Morgan fingerprint density at radius 3 is 2.58 bits per heavy atom. The molecule has 0 spiro atoms. The fourth-order valence-corrected chi connectivity index (χ4v) is 2.70. The smallest absolute Gasteiger partial charge is 0.285 e. The van der Waals surface area contributed by atoms with E-state index in [-0.39, 0.29) is 10.8 Å². The van der Waals surface area contributed by atoms with Crippen molar-refractivity contribution in [3.05, 3.63) is 51.9 Å². The number of aromatic nitrogens is 2. The fourth-order valence-electron chi connectivity index (χ4n) is 2.33. The first kappa shape index (κ1) is 18.0. The van der Waals surface area contributed by atoms with E-state index in [2.05, 4.69) is 15.2 Å². The zero-order valence-corrected chi connectivity index (χ0v) is 15.0. The normalized spacial score (nSPS) is 11.6. The standard InChI is InChI=1S/C16H21N5O2S/c1-5-17-24-16(23)19-18-11(2)14-12(3)20(4)21(15(14)22)13-9-7-6-8-10-13/h6-10,17H,5H2,1-4H3,(H,19,23)/b18-11+. The van der Waals surface area contributed by atoms with Gasteiger partial charge in [0, 0.05) is 31.2 Å². The average molecular weight is 347 g/mol. The van der Waals surface area contributed by atoms with Crippen molar-refractivity contribution in [3.63, 3.8) is 0 Å². The van der Waals surface area contributed by atoms with Crippen molar-refractivity contribution in [1.82, 2.24) is 19.5 Å². The zero-order chi connectivity index (χ0) is 17.7. The summed E-state index contributed by atoms with van der Waals surface area (Å²) in [6.45, 7) is 6.12. The SMILES string of the molecule is CCNSC(=O)N/N=C(\C)c1c(C)n(C)n(-c2ccccc2)c1=O. The fraction of sp³-hybridized carbons (Fsp3) is 0.312. The Labute approximate surface area is 144 Å². The summed E-state index contributed by atoms with van der Waals surface area (Å²) in [4.78, 5) is 24.4. The maximum atomic E-state index is 12.8. The number of rotatable bonds is 5. The number of hydrogen-bond donors (Lipinski definition) is 2. The van der Waals surface area contributed by atoms with Gasteiger partial charge in [-0.25, -0.2) is 10.1 Å². The van der Waals surface area contributed by atoms with Gasteiger partial charge in [0.1, 0.15) is 0 Å². The lowest BCUT2D eigenvalue weighted by atomic mass is 10.2. The number of hydrogen-bond acceptors (Lipinski definition) is 5. The molecule has 1 amide bonds. The van der Waals surface area contributed by atoms with Crippen molar-refractivity contribution < 1.29 is 4.79 Å². The number of amides is 1. The van der Waals surface area contributed by atoms with Crippen LogP contribution in [-0.2, 0) is 7.05 Å². The topological polar surface area (TPSA) is 80.4 Å². The number of nitrogens with zero attached hydrogens (tertiary/aromatic N) is 3. The number of hydrazone groups is 1. The van der Waals surface area contributed by atoms with E-state index < -0.39 is 0 Å². The van der Waals surface area contributed by atoms with Gasteiger partial charge in [-0.1, -0.05) is 25.1 Å². The first-order valence-corrected chi connectivity index (χ1v) is 8.37. The van der Waals surface area contributed by atoms with Crippen molar-refractivity contribution in [2.45, 2.75) is 20.8 Å². The van der Waals surface area contributed by atoms with Crippen LogP contribution in [0, 0.1) is 6.92 Å². The van der Waals surface area contributed by atoms with Gasteiger partial charge >= 0.3 is 5.24 Å². The van der Waals surface area contributed by atoms with Crippen LogP contribution in [0.15, 0.2) is 40.2 Å². The molecule has 0 radical (unpaired) electrons. The second kappa shape index (κ2) is 7.98. The van der Waals surface area contributed by atoms with Crippen LogP contribution in [-0.4, -0.2) is 26.9 Å². The molecule has 0 fully saturated rings. The van der Waals surface area contributed by atoms with Gasteiger partial charge in [-0.15, -0.1) is 0 Å². The predicted octanol–water partition coefficient (Wildman–Crippen LogP) is 2.18. The summed E-state index contributed by atoms with van der Waals surface area (Å²) < 4.78 is 6.20. The summed E-state index contributed by atoms with van der Waals surface area (Å²) >= 11 is 0.932. The van der Waals surface area contributed by atoms with E-state index in [1.807, 2.05) is 51.2 Å². The summed E-state index contributed by atoms with van der Waals surface area (Å²) in [7, 11) is 1.82. The number of benzene rings is 1. The van der Waals surface area contributed by atoms with E-state index in [4.69, 9.17) is 0 Å². The van der Waals surface area contributed by atoms with Crippen LogP contribution in [0.3, 0.4) is 0 Å². The Balaban J connectivity index is 2.35. The molecule has 1 aromatic carbocycles. The summed E-state index contributed by atoms with van der Waals surface area (Å²) in [5.41, 5.74) is 4.76. The van der Waals surface area contributed by atoms with Crippen LogP contribution < -0.4 is 15.7 Å². The molecule has 0 atom stereocenters. The quantitative estimate of drug-likeness (QED) is 0.493. The number of carbonyl (C=O) groups is 1. The summed E-state index contributed by atoms with van der Waals surface area (Å²) in [6.07, 6.45) is 0. The van der Waals surface area contributed by atoms with Gasteiger partial charge < -0.3 is 0 Å². The van der Waals surface area contributed by atoms with Crippen LogP contribution in [0.4, 0.5) is 4.79 Å². The van der Waals surface area contributed by atoms with Gasteiger partial charge in [-0.2, -0.15) is 5.10 Å². The molecule has 1 heterocycles. The molecule has 2 N–H and O–H groups in total. The highest BCUT2D eigenvalue weighted by Crippen LogP contribution is 2.10. The Morgan fingerprint density at radius 1 is 1.29 bits per heavy atom. The molecule has 0 saturated carbocycles. The lowest BCUT2D eigenvalue weighted by Crippen LogP contribution is -2.24. The third kappa shape index (κ3) is 3.77. The molecule has 1 aromatic heterocycles. The second-order valence-corrected chi connectivity index (χ2v) is 6.00. The van der Waals surface area contributed by atoms with Gasteiger partial charge in [0.05, 0.1) is 17.0 Å². The first-order chi connectivity index (χ1) is 11.5. The number of carbonyl (C=O) groups excluding carboxylic acids is 1. The maximum absolute atomic E-state index is 12.8. The summed E-state index contributed by atoms with van der Waals surface area (Å²) in [6, 6.07) is 9.39. The van der Waals surface area contributed by atoms with Gasteiger partial charge in [-0.05, 0) is 26.0 Å². The lowest BCUT2D eigenvalue weighted by Gasteiger charge is -2.07. The minimum atomic E-state index is -0.326. The molecule has 0 bridgehead atoms. The minimum Gasteiger partial charge on any atom is -0.285 e. The van der Waals surface area contributed by atoms with E-state index in [9.17, 15) is 9.59 Å². The van der Waals surface area contributed by atoms with E-state index in [1.165, 1.54) is 0 Å². The van der Waals surface area contributed by atoms with Crippen LogP contribution in [0.5, 0.6) is 0 Å². The molecule has 0 aliphatic carbocycles. The third-order valence-electron chi connectivity index (χ3n) is 3.54. The summed E-state index contributed by atoms with van der Waals surface area (Å²) in [5.74, 6) is 0. The number of para-hydroxylation sites is 1. The molecule has 2 rings (SSSR count). The predicted molar refractivity (Wildman–Crippen MR) is 97.8 cm³/mol. The lowest BCUT2D eigenvalue weighted by molar-refractivity contribution is 0.261. The average Bonchev–Trinajstić information content (AvgIpc) is 2.81. The van der Waals surface area contributed by atoms with Gasteiger partial charge in [0.2, 0.25) is 0 Å². The zero-order valence-electron chi connectivity index (χ0n) is 14.2. The van der Waals surface area contributed by atoms with Crippen molar-refractivity contribution in [3.8, 4) is 5.69 Å². The highest BCUT2D eigenvalue weighted by atomic mass is 32.2. The summed E-state index contributed by atoms with van der Waals surface area (Å²) in [5, 5.41) is 3.72. The second-order valence-electron chi connectivity index (χ2n) is 5.13. The molecule has 128 valence electrons. The molecule has 7 nitrogen and oxygen atoms in total.